The van der Waals surface area contributed by atoms with Crippen molar-refractivity contribution >= 4 is 17.8 Å². The van der Waals surface area contributed by atoms with E-state index >= 15 is 0 Å². The minimum absolute atomic E-state index is 0.00169. The Morgan fingerprint density at radius 3 is 2.45 bits per heavy atom. The number of aryl methyl sites for hydroxylation is 1. The van der Waals surface area contributed by atoms with Gasteiger partial charge < -0.3 is 4.90 Å². The van der Waals surface area contributed by atoms with Gasteiger partial charge in [-0.05, 0) is 49.4 Å². The summed E-state index contributed by atoms with van der Waals surface area (Å²) >= 11 is 0. The molecule has 7 nitrogen and oxygen atoms in total. The molecule has 1 aromatic carbocycles. The van der Waals surface area contributed by atoms with Crippen LogP contribution in [-0.2, 0) is 21.4 Å². The number of hydrogen-bond donors (Lipinski definition) is 0. The molecule has 0 radical (unpaired) electrons. The van der Waals surface area contributed by atoms with Crippen LogP contribution in [0.2, 0.25) is 0 Å². The molecule has 162 valence electrons. The van der Waals surface area contributed by atoms with E-state index in [-0.39, 0.29) is 11.8 Å². The Hall–Kier alpha value is -2.80. The molecule has 3 aliphatic rings. The van der Waals surface area contributed by atoms with Gasteiger partial charge in [-0.25, -0.2) is 9.97 Å². The van der Waals surface area contributed by atoms with Crippen LogP contribution in [0, 0.1) is 0 Å². The van der Waals surface area contributed by atoms with E-state index in [1.54, 1.807) is 12.4 Å². The standard InChI is InChI=1S/C24H29N5O2/c30-21-18-24(9-8-19-6-1-2-7-20(19)24)22(31)29(21)13-4-3-12-27-14-16-28(17-15-27)23-25-10-5-11-26-23/h1-2,5-7,10-11H,3-4,8-9,12-18H2. The number of carbonyl (C=O) groups is 2. The maximum atomic E-state index is 13.2. The Morgan fingerprint density at radius 2 is 1.65 bits per heavy atom. The fourth-order valence-corrected chi connectivity index (χ4v) is 5.35. The summed E-state index contributed by atoms with van der Waals surface area (Å²) in [7, 11) is 0. The molecule has 1 aliphatic carbocycles. The summed E-state index contributed by atoms with van der Waals surface area (Å²) in [4.78, 5) is 40.8. The first kappa shape index (κ1) is 20.1. The first-order valence-corrected chi connectivity index (χ1v) is 11.3. The number of aromatic nitrogens is 2. The van der Waals surface area contributed by atoms with Crippen LogP contribution in [0.15, 0.2) is 42.7 Å². The average molecular weight is 420 g/mol. The third-order valence-electron chi connectivity index (χ3n) is 7.08. The van der Waals surface area contributed by atoms with Crippen LogP contribution >= 0.6 is 0 Å². The predicted octanol–water partition coefficient (Wildman–Crippen LogP) is 2.02. The molecular weight excluding hydrogens is 390 g/mol. The number of rotatable bonds is 6. The zero-order chi connectivity index (χ0) is 21.3. The molecule has 1 aromatic heterocycles. The Labute approximate surface area is 183 Å². The molecule has 1 atom stereocenters. The number of imide groups is 1. The minimum Gasteiger partial charge on any atom is -0.338 e. The Kier molecular flexibility index (Phi) is 5.44. The molecule has 5 rings (SSSR count). The maximum absolute atomic E-state index is 13.2. The van der Waals surface area contributed by atoms with E-state index in [1.165, 1.54) is 10.5 Å². The van der Waals surface area contributed by atoms with Gasteiger partial charge in [0.15, 0.2) is 0 Å². The summed E-state index contributed by atoms with van der Waals surface area (Å²) in [5.74, 6) is 0.827. The monoisotopic (exact) mass is 419 g/mol. The van der Waals surface area contributed by atoms with E-state index in [0.717, 1.165) is 69.9 Å². The molecular formula is C24H29N5O2. The Balaban J connectivity index is 1.10. The van der Waals surface area contributed by atoms with Gasteiger partial charge in [-0.2, -0.15) is 0 Å². The molecule has 2 aromatic rings. The Bertz CT molecular complexity index is 957. The SMILES string of the molecule is O=C1CC2(CCc3ccccc32)C(=O)N1CCCCN1CCN(c2ncccn2)CC1. The van der Waals surface area contributed by atoms with E-state index in [4.69, 9.17) is 0 Å². The van der Waals surface area contributed by atoms with Crippen molar-refractivity contribution in [2.24, 2.45) is 0 Å². The van der Waals surface area contributed by atoms with Crippen LogP contribution in [0.25, 0.3) is 0 Å². The summed E-state index contributed by atoms with van der Waals surface area (Å²) in [5, 5.41) is 0. The number of carbonyl (C=O) groups excluding carboxylic acids is 2. The van der Waals surface area contributed by atoms with Crippen molar-refractivity contribution in [1.82, 2.24) is 19.8 Å². The fraction of sp³-hybridized carbons (Fsp3) is 0.500. The van der Waals surface area contributed by atoms with Crippen LogP contribution < -0.4 is 4.90 Å². The highest BCUT2D eigenvalue weighted by Crippen LogP contribution is 2.46. The van der Waals surface area contributed by atoms with Crippen molar-refractivity contribution in [1.29, 1.82) is 0 Å². The van der Waals surface area contributed by atoms with E-state index < -0.39 is 5.41 Å². The lowest BCUT2D eigenvalue weighted by Crippen LogP contribution is -2.47. The minimum atomic E-state index is -0.594. The quantitative estimate of drug-likeness (QED) is 0.527. The third kappa shape index (κ3) is 3.71. The number of piperazine rings is 1. The van der Waals surface area contributed by atoms with Crippen LogP contribution in [0.3, 0.4) is 0 Å². The van der Waals surface area contributed by atoms with Crippen molar-refractivity contribution in [2.45, 2.75) is 37.5 Å². The van der Waals surface area contributed by atoms with Gasteiger partial charge in [0.25, 0.3) is 0 Å². The molecule has 0 bridgehead atoms. The molecule has 2 saturated heterocycles. The van der Waals surface area contributed by atoms with Gasteiger partial charge in [-0.3, -0.25) is 19.4 Å². The van der Waals surface area contributed by atoms with Crippen molar-refractivity contribution in [2.75, 3.05) is 44.2 Å². The average Bonchev–Trinajstić information content (AvgIpc) is 3.30. The second-order valence-corrected chi connectivity index (χ2v) is 8.85. The number of hydrogen-bond acceptors (Lipinski definition) is 6. The predicted molar refractivity (Wildman–Crippen MR) is 118 cm³/mol. The summed E-state index contributed by atoms with van der Waals surface area (Å²) in [6.45, 7) is 5.36. The van der Waals surface area contributed by atoms with E-state index in [9.17, 15) is 9.59 Å². The van der Waals surface area contributed by atoms with Crippen LogP contribution in [0.4, 0.5) is 5.95 Å². The summed E-state index contributed by atoms with van der Waals surface area (Å²) in [6, 6.07) is 9.97. The fourth-order valence-electron chi connectivity index (χ4n) is 5.35. The molecule has 7 heteroatoms. The van der Waals surface area contributed by atoms with Crippen molar-refractivity contribution in [3.63, 3.8) is 0 Å². The van der Waals surface area contributed by atoms with Crippen LogP contribution in [0.5, 0.6) is 0 Å². The van der Waals surface area contributed by atoms with Crippen molar-refractivity contribution < 1.29 is 9.59 Å². The van der Waals surface area contributed by atoms with Crippen molar-refractivity contribution in [3.8, 4) is 0 Å². The largest absolute Gasteiger partial charge is 0.338 e. The van der Waals surface area contributed by atoms with Crippen molar-refractivity contribution in [3.05, 3.63) is 53.9 Å². The molecule has 2 fully saturated rings. The normalized spacial score (nSPS) is 23.7. The zero-order valence-electron chi connectivity index (χ0n) is 17.9. The molecule has 2 aliphatic heterocycles. The van der Waals surface area contributed by atoms with Crippen LogP contribution in [0.1, 0.15) is 36.8 Å². The lowest BCUT2D eigenvalue weighted by molar-refractivity contribution is -0.140. The number of fused-ring (bicyclic) bond motifs is 2. The van der Waals surface area contributed by atoms with E-state index in [1.807, 2.05) is 24.3 Å². The number of anilines is 1. The highest BCUT2D eigenvalue weighted by Gasteiger charge is 2.54. The second-order valence-electron chi connectivity index (χ2n) is 8.85. The number of unbranched alkanes of at least 4 members (excludes halogenated alkanes) is 1. The molecule has 0 N–H and O–H groups in total. The van der Waals surface area contributed by atoms with Gasteiger partial charge >= 0.3 is 0 Å². The van der Waals surface area contributed by atoms with Gasteiger partial charge in [-0.1, -0.05) is 24.3 Å². The summed E-state index contributed by atoms with van der Waals surface area (Å²) in [6.07, 6.45) is 7.41. The third-order valence-corrected chi connectivity index (χ3v) is 7.08. The summed E-state index contributed by atoms with van der Waals surface area (Å²) < 4.78 is 0. The maximum Gasteiger partial charge on any atom is 0.240 e. The number of amides is 2. The lowest BCUT2D eigenvalue weighted by Gasteiger charge is -2.34. The lowest BCUT2D eigenvalue weighted by atomic mass is 9.80. The first-order valence-electron chi connectivity index (χ1n) is 11.3. The Morgan fingerprint density at radius 1 is 0.903 bits per heavy atom. The van der Waals surface area contributed by atoms with Gasteiger partial charge in [0.2, 0.25) is 17.8 Å². The second kappa shape index (κ2) is 8.38. The highest BCUT2D eigenvalue weighted by molar-refractivity contribution is 6.09. The molecule has 2 amide bonds. The highest BCUT2D eigenvalue weighted by atomic mass is 16.2. The van der Waals surface area contributed by atoms with Gasteiger partial charge in [-0.15, -0.1) is 0 Å². The first-order chi connectivity index (χ1) is 15.2. The zero-order valence-corrected chi connectivity index (χ0v) is 17.9. The van der Waals surface area contributed by atoms with E-state index in [2.05, 4.69) is 25.8 Å². The van der Waals surface area contributed by atoms with E-state index in [0.29, 0.717) is 13.0 Å². The smallest absolute Gasteiger partial charge is 0.240 e. The topological polar surface area (TPSA) is 69.6 Å². The number of nitrogens with zero attached hydrogens (tertiary/aromatic N) is 5. The molecule has 0 saturated carbocycles. The molecule has 31 heavy (non-hydrogen) atoms. The molecule has 1 spiro atoms. The van der Waals surface area contributed by atoms with Crippen LogP contribution in [-0.4, -0.2) is 70.9 Å². The number of likely N-dealkylation sites (tertiary alicyclic amines) is 1. The van der Waals surface area contributed by atoms with Gasteiger partial charge in [0.1, 0.15) is 0 Å². The molecule has 3 heterocycles. The molecule has 1 unspecified atom stereocenters. The van der Waals surface area contributed by atoms with Gasteiger partial charge in [0, 0.05) is 51.5 Å². The van der Waals surface area contributed by atoms with Gasteiger partial charge in [0.05, 0.1) is 5.41 Å². The number of benzene rings is 1. The summed E-state index contributed by atoms with van der Waals surface area (Å²) in [5.41, 5.74) is 1.71.